The smallest absolute Gasteiger partial charge is 0.359 e. The van der Waals surface area contributed by atoms with Gasteiger partial charge in [0.1, 0.15) is 24.6 Å². The second kappa shape index (κ2) is 13.3. The average Bonchev–Trinajstić information content (AvgIpc) is 2.72. The number of aromatic nitrogens is 2. The Morgan fingerprint density at radius 2 is 1.18 bits per heavy atom. The second-order valence-electron chi connectivity index (χ2n) is 5.31. The van der Waals surface area contributed by atoms with E-state index in [0.29, 0.717) is 13.2 Å². The molecule has 0 aliphatic rings. The SMILES string of the molecule is CCCOCC#Cc1nc(C(=O)OC)c(C(=O)OC)nc1C#CCOCCC. The molecule has 0 aliphatic carbocycles. The van der Waals surface area contributed by atoms with E-state index in [1.165, 1.54) is 14.2 Å². The largest absolute Gasteiger partial charge is 0.464 e. The van der Waals surface area contributed by atoms with Crippen molar-refractivity contribution in [2.75, 3.05) is 40.6 Å². The van der Waals surface area contributed by atoms with Crippen LogP contribution in [-0.4, -0.2) is 62.6 Å². The molecule has 150 valence electrons. The van der Waals surface area contributed by atoms with E-state index in [-0.39, 0.29) is 36.0 Å². The fourth-order valence-electron chi connectivity index (χ4n) is 1.86. The van der Waals surface area contributed by atoms with Crippen LogP contribution in [0.15, 0.2) is 0 Å². The first-order chi connectivity index (χ1) is 13.6. The summed E-state index contributed by atoms with van der Waals surface area (Å²) in [6.45, 7) is 5.51. The summed E-state index contributed by atoms with van der Waals surface area (Å²) in [6, 6.07) is 0. The minimum absolute atomic E-state index is 0.135. The molecule has 8 nitrogen and oxygen atoms in total. The van der Waals surface area contributed by atoms with Gasteiger partial charge >= 0.3 is 11.9 Å². The predicted molar refractivity (Wildman–Crippen MR) is 101 cm³/mol. The number of carbonyl (C=O) groups excluding carboxylic acids is 2. The highest BCUT2D eigenvalue weighted by atomic mass is 16.5. The highest BCUT2D eigenvalue weighted by molar-refractivity contribution is 6.00. The molecule has 0 N–H and O–H groups in total. The summed E-state index contributed by atoms with van der Waals surface area (Å²) in [7, 11) is 2.35. The van der Waals surface area contributed by atoms with E-state index in [1.807, 2.05) is 13.8 Å². The molecule has 0 aromatic carbocycles. The molecule has 0 radical (unpaired) electrons. The molecule has 0 bridgehead atoms. The standard InChI is InChI=1S/C20H24N2O6/c1-5-11-27-13-7-9-15-16(10-8-14-28-12-6-2)22-18(20(24)26-4)17(21-15)19(23)25-3/h5-6,11-14H2,1-4H3. The van der Waals surface area contributed by atoms with Gasteiger partial charge in [-0.15, -0.1) is 0 Å². The Labute approximate surface area is 164 Å². The summed E-state index contributed by atoms with van der Waals surface area (Å²) in [5.41, 5.74) is -0.311. The summed E-state index contributed by atoms with van der Waals surface area (Å²) >= 11 is 0. The summed E-state index contributed by atoms with van der Waals surface area (Å²) in [6.07, 6.45) is 1.74. The van der Waals surface area contributed by atoms with Crippen molar-refractivity contribution in [3.05, 3.63) is 22.8 Å². The fourth-order valence-corrected chi connectivity index (χ4v) is 1.86. The lowest BCUT2D eigenvalue weighted by Gasteiger charge is -2.07. The van der Waals surface area contributed by atoms with Gasteiger partial charge in [0.05, 0.1) is 14.2 Å². The summed E-state index contributed by atoms with van der Waals surface area (Å²) < 4.78 is 20.0. The quantitative estimate of drug-likeness (QED) is 0.376. The Kier molecular flexibility index (Phi) is 10.9. The maximum Gasteiger partial charge on any atom is 0.359 e. The Morgan fingerprint density at radius 3 is 1.50 bits per heavy atom. The number of ether oxygens (including phenoxy) is 4. The van der Waals surface area contributed by atoms with Crippen LogP contribution in [0.1, 0.15) is 59.1 Å². The maximum absolute atomic E-state index is 12.0. The van der Waals surface area contributed by atoms with E-state index < -0.39 is 11.9 Å². The topological polar surface area (TPSA) is 96.8 Å². The van der Waals surface area contributed by atoms with Crippen molar-refractivity contribution in [1.82, 2.24) is 9.97 Å². The molecule has 0 saturated carbocycles. The van der Waals surface area contributed by atoms with E-state index in [1.54, 1.807) is 0 Å². The molecule has 1 heterocycles. The van der Waals surface area contributed by atoms with Crippen LogP contribution in [-0.2, 0) is 18.9 Å². The number of rotatable bonds is 8. The minimum atomic E-state index is -0.830. The summed E-state index contributed by atoms with van der Waals surface area (Å²) in [5, 5.41) is 0. The summed E-state index contributed by atoms with van der Waals surface area (Å²) in [5.74, 6) is 9.48. The van der Waals surface area contributed by atoms with Gasteiger partial charge in [0, 0.05) is 13.2 Å². The van der Waals surface area contributed by atoms with Gasteiger partial charge in [-0.2, -0.15) is 0 Å². The lowest BCUT2D eigenvalue weighted by molar-refractivity contribution is 0.0544. The van der Waals surface area contributed by atoms with Crippen LogP contribution in [0.5, 0.6) is 0 Å². The third-order valence-corrected chi connectivity index (χ3v) is 3.11. The van der Waals surface area contributed by atoms with Gasteiger partial charge < -0.3 is 18.9 Å². The molecule has 0 atom stereocenters. The molecule has 1 aromatic rings. The first kappa shape index (κ1) is 23.1. The van der Waals surface area contributed by atoms with Gasteiger partial charge in [-0.05, 0) is 24.7 Å². The Bertz CT molecular complexity index is 732. The molecule has 0 saturated heterocycles. The first-order valence-electron chi connectivity index (χ1n) is 8.80. The molecule has 8 heteroatoms. The number of esters is 2. The molecule has 1 aromatic heterocycles. The van der Waals surface area contributed by atoms with Crippen LogP contribution in [0.25, 0.3) is 0 Å². The molecule has 0 amide bonds. The van der Waals surface area contributed by atoms with Crippen LogP contribution < -0.4 is 0 Å². The minimum Gasteiger partial charge on any atom is -0.464 e. The lowest BCUT2D eigenvalue weighted by Crippen LogP contribution is -2.18. The Morgan fingerprint density at radius 1 is 0.786 bits per heavy atom. The number of carbonyl (C=O) groups is 2. The number of hydrogen-bond donors (Lipinski definition) is 0. The van der Waals surface area contributed by atoms with E-state index in [4.69, 9.17) is 9.47 Å². The van der Waals surface area contributed by atoms with E-state index in [0.717, 1.165) is 12.8 Å². The van der Waals surface area contributed by atoms with Crippen LogP contribution in [0.4, 0.5) is 0 Å². The first-order valence-corrected chi connectivity index (χ1v) is 8.80. The molecule has 0 spiro atoms. The van der Waals surface area contributed by atoms with Gasteiger partial charge in [-0.1, -0.05) is 25.7 Å². The zero-order chi connectivity index (χ0) is 20.8. The van der Waals surface area contributed by atoms with Crippen molar-refractivity contribution in [3.63, 3.8) is 0 Å². The van der Waals surface area contributed by atoms with Crippen molar-refractivity contribution in [2.24, 2.45) is 0 Å². The third-order valence-electron chi connectivity index (χ3n) is 3.11. The highest BCUT2D eigenvalue weighted by Crippen LogP contribution is 2.11. The van der Waals surface area contributed by atoms with Gasteiger partial charge in [-0.25, -0.2) is 19.6 Å². The van der Waals surface area contributed by atoms with Gasteiger partial charge in [0.25, 0.3) is 0 Å². The molecule has 1 rings (SSSR count). The van der Waals surface area contributed by atoms with Crippen molar-refractivity contribution in [3.8, 4) is 23.7 Å². The van der Waals surface area contributed by atoms with E-state index in [2.05, 4.69) is 43.1 Å². The predicted octanol–water partition coefficient (Wildman–Crippen LogP) is 1.61. The number of methoxy groups -OCH3 is 2. The lowest BCUT2D eigenvalue weighted by atomic mass is 10.2. The van der Waals surface area contributed by atoms with Crippen molar-refractivity contribution < 1.29 is 28.5 Å². The zero-order valence-electron chi connectivity index (χ0n) is 16.6. The third kappa shape index (κ3) is 7.36. The van der Waals surface area contributed by atoms with E-state index >= 15 is 0 Å². The van der Waals surface area contributed by atoms with Crippen LogP contribution in [0.2, 0.25) is 0 Å². The normalized spacial score (nSPS) is 9.57. The van der Waals surface area contributed by atoms with Crippen molar-refractivity contribution in [1.29, 1.82) is 0 Å². The van der Waals surface area contributed by atoms with Crippen LogP contribution in [0.3, 0.4) is 0 Å². The number of hydrogen-bond acceptors (Lipinski definition) is 8. The Balaban J connectivity index is 3.33. The zero-order valence-corrected chi connectivity index (χ0v) is 16.6. The van der Waals surface area contributed by atoms with Gasteiger partial charge in [-0.3, -0.25) is 0 Å². The van der Waals surface area contributed by atoms with Crippen LogP contribution >= 0.6 is 0 Å². The molecule has 0 aliphatic heterocycles. The summed E-state index contributed by atoms with van der Waals surface area (Å²) in [4.78, 5) is 32.3. The van der Waals surface area contributed by atoms with Crippen molar-refractivity contribution in [2.45, 2.75) is 26.7 Å². The van der Waals surface area contributed by atoms with Gasteiger partial charge in [0.2, 0.25) is 0 Å². The monoisotopic (exact) mass is 388 g/mol. The molecular weight excluding hydrogens is 364 g/mol. The fraction of sp³-hybridized carbons (Fsp3) is 0.500. The molecular formula is C20H24N2O6. The average molecular weight is 388 g/mol. The second-order valence-corrected chi connectivity index (χ2v) is 5.31. The van der Waals surface area contributed by atoms with Gasteiger partial charge in [0.15, 0.2) is 11.4 Å². The van der Waals surface area contributed by atoms with Crippen molar-refractivity contribution >= 4 is 11.9 Å². The molecule has 28 heavy (non-hydrogen) atoms. The Hall–Kier alpha value is -2.94. The molecule has 0 unspecified atom stereocenters. The highest BCUT2D eigenvalue weighted by Gasteiger charge is 2.24. The molecule has 0 fully saturated rings. The maximum atomic E-state index is 12.0. The van der Waals surface area contributed by atoms with Crippen LogP contribution in [0, 0.1) is 23.7 Å². The number of nitrogens with zero attached hydrogens (tertiary/aromatic N) is 2. The van der Waals surface area contributed by atoms with E-state index in [9.17, 15) is 9.59 Å².